The Bertz CT molecular complexity index is 406. The summed E-state index contributed by atoms with van der Waals surface area (Å²) >= 11 is 0. The maximum Gasteiger partial charge on any atom is 0.239 e. The lowest BCUT2D eigenvalue weighted by Crippen LogP contribution is -2.52. The van der Waals surface area contributed by atoms with E-state index in [1.165, 1.54) is 0 Å². The molecule has 1 aromatic heterocycles. The summed E-state index contributed by atoms with van der Waals surface area (Å²) in [7, 11) is 0. The van der Waals surface area contributed by atoms with Crippen LogP contribution in [0.2, 0.25) is 0 Å². The standard InChI is InChI=1S/C13H20N4O2/c18-13(12-2-1-4-14-12)17-7-5-16(6-8-17)10-11-3-9-19-15-11/h3,9,12,14H,1-2,4-8,10H2. The molecule has 2 fully saturated rings. The Morgan fingerprint density at radius 2 is 2.26 bits per heavy atom. The van der Waals surface area contributed by atoms with Gasteiger partial charge in [-0.1, -0.05) is 5.16 Å². The third kappa shape index (κ3) is 2.96. The molecule has 1 unspecified atom stereocenters. The second-order valence-corrected chi connectivity index (χ2v) is 5.24. The molecule has 3 heterocycles. The highest BCUT2D eigenvalue weighted by molar-refractivity contribution is 5.82. The zero-order valence-corrected chi connectivity index (χ0v) is 11.0. The van der Waals surface area contributed by atoms with Crippen LogP contribution in [0.3, 0.4) is 0 Å². The Labute approximate surface area is 112 Å². The van der Waals surface area contributed by atoms with Crippen molar-refractivity contribution < 1.29 is 9.32 Å². The number of carbonyl (C=O) groups is 1. The lowest BCUT2D eigenvalue weighted by atomic mass is 10.2. The van der Waals surface area contributed by atoms with Crippen molar-refractivity contribution in [2.45, 2.75) is 25.4 Å². The summed E-state index contributed by atoms with van der Waals surface area (Å²) in [6.45, 7) is 5.23. The van der Waals surface area contributed by atoms with Crippen LogP contribution >= 0.6 is 0 Å². The SMILES string of the molecule is O=C(C1CCCN1)N1CCN(Cc2ccon2)CC1. The Hall–Kier alpha value is -1.40. The van der Waals surface area contributed by atoms with E-state index in [0.717, 1.165) is 57.8 Å². The fourth-order valence-electron chi connectivity index (χ4n) is 2.79. The molecular weight excluding hydrogens is 244 g/mol. The van der Waals surface area contributed by atoms with E-state index in [1.807, 2.05) is 11.0 Å². The van der Waals surface area contributed by atoms with Crippen LogP contribution in [-0.4, -0.2) is 59.6 Å². The molecule has 0 saturated carbocycles. The van der Waals surface area contributed by atoms with Gasteiger partial charge in [-0.25, -0.2) is 0 Å². The second-order valence-electron chi connectivity index (χ2n) is 5.24. The van der Waals surface area contributed by atoms with Gasteiger partial charge in [0.2, 0.25) is 5.91 Å². The monoisotopic (exact) mass is 264 g/mol. The van der Waals surface area contributed by atoms with Crippen LogP contribution in [0, 0.1) is 0 Å². The predicted molar refractivity (Wildman–Crippen MR) is 69.4 cm³/mol. The maximum atomic E-state index is 12.2. The Morgan fingerprint density at radius 3 is 2.89 bits per heavy atom. The molecule has 6 nitrogen and oxygen atoms in total. The summed E-state index contributed by atoms with van der Waals surface area (Å²) in [4.78, 5) is 16.5. The number of amides is 1. The van der Waals surface area contributed by atoms with Gasteiger partial charge < -0.3 is 14.7 Å². The molecule has 1 atom stereocenters. The molecule has 0 bridgehead atoms. The van der Waals surface area contributed by atoms with Crippen LogP contribution in [0.5, 0.6) is 0 Å². The first-order valence-electron chi connectivity index (χ1n) is 6.97. The zero-order chi connectivity index (χ0) is 13.1. The first-order valence-corrected chi connectivity index (χ1v) is 6.97. The van der Waals surface area contributed by atoms with Crippen molar-refractivity contribution in [3.63, 3.8) is 0 Å². The van der Waals surface area contributed by atoms with Crippen LogP contribution < -0.4 is 5.32 Å². The van der Waals surface area contributed by atoms with Crippen molar-refractivity contribution in [2.24, 2.45) is 0 Å². The molecule has 2 saturated heterocycles. The van der Waals surface area contributed by atoms with Gasteiger partial charge >= 0.3 is 0 Å². The highest BCUT2D eigenvalue weighted by Gasteiger charge is 2.29. The number of hydrogen-bond acceptors (Lipinski definition) is 5. The van der Waals surface area contributed by atoms with E-state index in [1.54, 1.807) is 6.26 Å². The molecule has 0 aromatic carbocycles. The van der Waals surface area contributed by atoms with Gasteiger partial charge in [0.1, 0.15) is 6.26 Å². The minimum atomic E-state index is 0.0575. The quantitative estimate of drug-likeness (QED) is 0.837. The fraction of sp³-hybridized carbons (Fsp3) is 0.692. The van der Waals surface area contributed by atoms with E-state index in [2.05, 4.69) is 15.4 Å². The Kier molecular flexibility index (Phi) is 3.79. The Morgan fingerprint density at radius 1 is 1.42 bits per heavy atom. The molecule has 104 valence electrons. The summed E-state index contributed by atoms with van der Waals surface area (Å²) in [5.74, 6) is 0.276. The molecule has 0 spiro atoms. The summed E-state index contributed by atoms with van der Waals surface area (Å²) in [6.07, 6.45) is 3.70. The summed E-state index contributed by atoms with van der Waals surface area (Å²) < 4.78 is 4.83. The number of rotatable bonds is 3. The molecule has 1 N–H and O–H groups in total. The minimum Gasteiger partial charge on any atom is -0.364 e. The van der Waals surface area contributed by atoms with Gasteiger partial charge in [0, 0.05) is 38.8 Å². The molecule has 0 aliphatic carbocycles. The van der Waals surface area contributed by atoms with Crippen molar-refractivity contribution in [2.75, 3.05) is 32.7 Å². The summed E-state index contributed by atoms with van der Waals surface area (Å²) in [5, 5.41) is 7.19. The van der Waals surface area contributed by atoms with Crippen molar-refractivity contribution in [3.8, 4) is 0 Å². The van der Waals surface area contributed by atoms with Crippen LogP contribution in [0.15, 0.2) is 16.9 Å². The van der Waals surface area contributed by atoms with Gasteiger partial charge in [0.15, 0.2) is 0 Å². The van der Waals surface area contributed by atoms with E-state index in [-0.39, 0.29) is 11.9 Å². The second kappa shape index (κ2) is 5.71. The number of piperazine rings is 1. The topological polar surface area (TPSA) is 61.6 Å². The van der Waals surface area contributed by atoms with Crippen molar-refractivity contribution >= 4 is 5.91 Å². The predicted octanol–water partition coefficient (Wildman–Crippen LogP) is 0.0708. The molecule has 6 heteroatoms. The molecule has 2 aliphatic heterocycles. The lowest BCUT2D eigenvalue weighted by Gasteiger charge is -2.35. The normalized spacial score (nSPS) is 24.8. The van der Waals surface area contributed by atoms with Crippen LogP contribution in [0.4, 0.5) is 0 Å². The van der Waals surface area contributed by atoms with Crippen molar-refractivity contribution in [1.29, 1.82) is 0 Å². The van der Waals surface area contributed by atoms with Crippen LogP contribution in [0.25, 0.3) is 0 Å². The molecule has 2 aliphatic rings. The number of hydrogen-bond donors (Lipinski definition) is 1. The average Bonchev–Trinajstić information content (AvgIpc) is 3.12. The van der Waals surface area contributed by atoms with Crippen molar-refractivity contribution in [3.05, 3.63) is 18.0 Å². The molecule has 0 radical (unpaired) electrons. The van der Waals surface area contributed by atoms with Crippen molar-refractivity contribution in [1.82, 2.24) is 20.3 Å². The first kappa shape index (κ1) is 12.6. The Balaban J connectivity index is 1.47. The summed E-state index contributed by atoms with van der Waals surface area (Å²) in [6, 6.07) is 1.95. The molecule has 3 rings (SSSR count). The van der Waals surface area contributed by atoms with Crippen LogP contribution in [0.1, 0.15) is 18.5 Å². The molecule has 1 amide bonds. The van der Waals surface area contributed by atoms with Gasteiger partial charge in [-0.2, -0.15) is 0 Å². The van der Waals surface area contributed by atoms with Gasteiger partial charge in [-0.05, 0) is 19.4 Å². The highest BCUT2D eigenvalue weighted by Crippen LogP contribution is 2.12. The van der Waals surface area contributed by atoms with Gasteiger partial charge in [-0.3, -0.25) is 9.69 Å². The van der Waals surface area contributed by atoms with E-state index >= 15 is 0 Å². The van der Waals surface area contributed by atoms with Crippen LogP contribution in [-0.2, 0) is 11.3 Å². The number of nitrogens with one attached hydrogen (secondary N) is 1. The third-order valence-corrected chi connectivity index (χ3v) is 3.92. The van der Waals surface area contributed by atoms with Gasteiger partial charge in [0.05, 0.1) is 11.7 Å². The third-order valence-electron chi connectivity index (χ3n) is 3.92. The fourth-order valence-corrected chi connectivity index (χ4v) is 2.79. The van der Waals surface area contributed by atoms with E-state index in [4.69, 9.17) is 4.52 Å². The van der Waals surface area contributed by atoms with E-state index < -0.39 is 0 Å². The van der Waals surface area contributed by atoms with E-state index in [0.29, 0.717) is 0 Å². The lowest BCUT2D eigenvalue weighted by molar-refractivity contribution is -0.134. The summed E-state index contributed by atoms with van der Waals surface area (Å²) in [5.41, 5.74) is 0.956. The van der Waals surface area contributed by atoms with Gasteiger partial charge in [0.25, 0.3) is 0 Å². The maximum absolute atomic E-state index is 12.2. The molecule has 1 aromatic rings. The highest BCUT2D eigenvalue weighted by atomic mass is 16.5. The number of carbonyl (C=O) groups excluding carboxylic acids is 1. The zero-order valence-electron chi connectivity index (χ0n) is 11.0. The smallest absolute Gasteiger partial charge is 0.239 e. The van der Waals surface area contributed by atoms with E-state index in [9.17, 15) is 4.79 Å². The van der Waals surface area contributed by atoms with Gasteiger partial charge in [-0.15, -0.1) is 0 Å². The largest absolute Gasteiger partial charge is 0.364 e. The average molecular weight is 264 g/mol. The molecule has 19 heavy (non-hydrogen) atoms. The number of aromatic nitrogens is 1. The number of nitrogens with zero attached hydrogens (tertiary/aromatic N) is 3. The minimum absolute atomic E-state index is 0.0575. The first-order chi connectivity index (χ1) is 9.33. The molecular formula is C13H20N4O2.